The Bertz CT molecular complexity index is 943. The molecule has 1 heterocycles. The van der Waals surface area contributed by atoms with Crippen LogP contribution in [0.5, 0.6) is 0 Å². The van der Waals surface area contributed by atoms with E-state index in [0.717, 1.165) is 24.9 Å². The standard InChI is InChI=1S/C23H26FN3O3/c1-3-4-5-16-6-9-19(10-7-16)27-14-17(12-22(27)29)23(30)26-21-13-18(25-15(2)28)8-11-20(21)24/h6-11,13,17H,3-5,12,14H2,1-2H3,(H,25,28)(H,26,30). The fourth-order valence-corrected chi connectivity index (χ4v) is 3.49. The smallest absolute Gasteiger partial charge is 0.229 e. The molecule has 1 unspecified atom stereocenters. The summed E-state index contributed by atoms with van der Waals surface area (Å²) in [5, 5.41) is 5.10. The van der Waals surface area contributed by atoms with Gasteiger partial charge in [-0.2, -0.15) is 0 Å². The number of nitrogens with one attached hydrogen (secondary N) is 2. The van der Waals surface area contributed by atoms with E-state index >= 15 is 0 Å². The first-order valence-corrected chi connectivity index (χ1v) is 10.1. The van der Waals surface area contributed by atoms with Crippen LogP contribution >= 0.6 is 0 Å². The molecule has 1 saturated heterocycles. The summed E-state index contributed by atoms with van der Waals surface area (Å²) in [5.41, 5.74) is 2.33. The minimum Gasteiger partial charge on any atom is -0.326 e. The quantitative estimate of drug-likeness (QED) is 0.719. The highest BCUT2D eigenvalue weighted by molar-refractivity contribution is 6.03. The van der Waals surface area contributed by atoms with Crippen molar-refractivity contribution in [1.82, 2.24) is 0 Å². The van der Waals surface area contributed by atoms with Crippen molar-refractivity contribution >= 4 is 34.8 Å². The number of aryl methyl sites for hydroxylation is 1. The SMILES string of the molecule is CCCCc1ccc(N2CC(C(=O)Nc3cc(NC(C)=O)ccc3F)CC2=O)cc1. The molecule has 0 aromatic heterocycles. The highest BCUT2D eigenvalue weighted by Gasteiger charge is 2.35. The maximum absolute atomic E-state index is 14.1. The second-order valence-corrected chi connectivity index (χ2v) is 7.54. The minimum atomic E-state index is -0.610. The molecule has 2 aromatic rings. The molecule has 2 N–H and O–H groups in total. The van der Waals surface area contributed by atoms with Gasteiger partial charge in [-0.15, -0.1) is 0 Å². The lowest BCUT2D eigenvalue weighted by Crippen LogP contribution is -2.28. The van der Waals surface area contributed by atoms with Gasteiger partial charge in [0, 0.05) is 31.3 Å². The molecule has 1 aliphatic rings. The zero-order chi connectivity index (χ0) is 21.7. The molecule has 0 bridgehead atoms. The summed E-state index contributed by atoms with van der Waals surface area (Å²) in [4.78, 5) is 37.9. The number of hydrogen-bond donors (Lipinski definition) is 2. The van der Waals surface area contributed by atoms with Crippen LogP contribution in [0.25, 0.3) is 0 Å². The Morgan fingerprint density at radius 2 is 1.87 bits per heavy atom. The maximum atomic E-state index is 14.1. The van der Waals surface area contributed by atoms with Crippen LogP contribution in [-0.4, -0.2) is 24.3 Å². The monoisotopic (exact) mass is 411 g/mol. The van der Waals surface area contributed by atoms with Crippen LogP contribution in [-0.2, 0) is 20.8 Å². The van der Waals surface area contributed by atoms with E-state index in [1.54, 1.807) is 4.90 Å². The summed E-state index contributed by atoms with van der Waals surface area (Å²) in [6, 6.07) is 11.8. The van der Waals surface area contributed by atoms with Crippen LogP contribution < -0.4 is 15.5 Å². The molecule has 158 valence electrons. The van der Waals surface area contributed by atoms with Gasteiger partial charge in [-0.25, -0.2) is 4.39 Å². The highest BCUT2D eigenvalue weighted by atomic mass is 19.1. The Balaban J connectivity index is 1.66. The number of anilines is 3. The topological polar surface area (TPSA) is 78.5 Å². The lowest BCUT2D eigenvalue weighted by Gasteiger charge is -2.17. The van der Waals surface area contributed by atoms with E-state index in [4.69, 9.17) is 0 Å². The summed E-state index contributed by atoms with van der Waals surface area (Å²) in [6.45, 7) is 3.73. The van der Waals surface area contributed by atoms with Crippen LogP contribution in [0.3, 0.4) is 0 Å². The second kappa shape index (κ2) is 9.52. The summed E-state index contributed by atoms with van der Waals surface area (Å²) in [7, 11) is 0. The van der Waals surface area contributed by atoms with Crippen LogP contribution in [0, 0.1) is 11.7 Å². The average molecular weight is 411 g/mol. The molecule has 0 radical (unpaired) electrons. The van der Waals surface area contributed by atoms with Gasteiger partial charge in [0.1, 0.15) is 5.82 Å². The molecule has 1 aliphatic heterocycles. The largest absolute Gasteiger partial charge is 0.326 e. The van der Waals surface area contributed by atoms with Crippen molar-refractivity contribution in [2.24, 2.45) is 5.92 Å². The van der Waals surface area contributed by atoms with Crippen LogP contribution in [0.2, 0.25) is 0 Å². The van der Waals surface area contributed by atoms with Crippen molar-refractivity contribution in [1.29, 1.82) is 0 Å². The Kier molecular flexibility index (Phi) is 6.82. The molecular weight excluding hydrogens is 385 g/mol. The zero-order valence-corrected chi connectivity index (χ0v) is 17.2. The fraction of sp³-hybridized carbons (Fsp3) is 0.348. The number of unbranched alkanes of at least 4 members (excludes halogenated alkanes) is 1. The normalized spacial score (nSPS) is 15.9. The Hall–Kier alpha value is -3.22. The van der Waals surface area contributed by atoms with Gasteiger partial charge < -0.3 is 15.5 Å². The van der Waals surface area contributed by atoms with Crippen LogP contribution in [0.1, 0.15) is 38.7 Å². The average Bonchev–Trinajstić information content (AvgIpc) is 3.11. The number of nitrogens with zero attached hydrogens (tertiary/aromatic N) is 1. The third-order valence-electron chi connectivity index (χ3n) is 5.11. The van der Waals surface area contributed by atoms with Crippen LogP contribution in [0.4, 0.5) is 21.5 Å². The van der Waals surface area contributed by atoms with E-state index in [-0.39, 0.29) is 30.5 Å². The second-order valence-electron chi connectivity index (χ2n) is 7.54. The lowest BCUT2D eigenvalue weighted by atomic mass is 10.1. The number of rotatable bonds is 7. The number of carbonyl (C=O) groups is 3. The van der Waals surface area contributed by atoms with Crippen molar-refractivity contribution < 1.29 is 18.8 Å². The van der Waals surface area contributed by atoms with Crippen molar-refractivity contribution in [3.05, 3.63) is 53.8 Å². The van der Waals surface area contributed by atoms with Crippen molar-refractivity contribution in [2.45, 2.75) is 39.5 Å². The van der Waals surface area contributed by atoms with Crippen LogP contribution in [0.15, 0.2) is 42.5 Å². The van der Waals surface area contributed by atoms with Gasteiger partial charge in [0.15, 0.2) is 0 Å². The van der Waals surface area contributed by atoms with Gasteiger partial charge in [0.05, 0.1) is 11.6 Å². The fourth-order valence-electron chi connectivity index (χ4n) is 3.49. The van der Waals surface area contributed by atoms with Gasteiger partial charge >= 0.3 is 0 Å². The van der Waals surface area contributed by atoms with Gasteiger partial charge in [0.2, 0.25) is 17.7 Å². The predicted octanol–water partition coefficient (Wildman–Crippen LogP) is 4.12. The van der Waals surface area contributed by atoms with Gasteiger partial charge in [-0.3, -0.25) is 14.4 Å². The lowest BCUT2D eigenvalue weighted by molar-refractivity contribution is -0.122. The predicted molar refractivity (Wildman–Crippen MR) is 115 cm³/mol. The summed E-state index contributed by atoms with van der Waals surface area (Å²) in [5.74, 6) is -2.05. The van der Waals surface area contributed by atoms with Gasteiger partial charge in [0.25, 0.3) is 0 Å². The van der Waals surface area contributed by atoms with E-state index in [1.807, 2.05) is 24.3 Å². The molecule has 2 aromatic carbocycles. The molecule has 0 aliphatic carbocycles. The van der Waals surface area contributed by atoms with E-state index in [2.05, 4.69) is 17.6 Å². The summed E-state index contributed by atoms with van der Waals surface area (Å²) < 4.78 is 14.1. The third kappa shape index (κ3) is 5.23. The van der Waals surface area contributed by atoms with E-state index in [9.17, 15) is 18.8 Å². The van der Waals surface area contributed by atoms with Crippen molar-refractivity contribution in [3.8, 4) is 0 Å². The maximum Gasteiger partial charge on any atom is 0.229 e. The van der Waals surface area contributed by atoms with E-state index < -0.39 is 17.6 Å². The molecule has 0 spiro atoms. The molecule has 0 saturated carbocycles. The third-order valence-corrected chi connectivity index (χ3v) is 5.11. The molecule has 1 fully saturated rings. The van der Waals surface area contributed by atoms with E-state index in [0.29, 0.717) is 5.69 Å². The first-order valence-electron chi connectivity index (χ1n) is 10.1. The van der Waals surface area contributed by atoms with Gasteiger partial charge in [-0.1, -0.05) is 25.5 Å². The number of carbonyl (C=O) groups excluding carboxylic acids is 3. The first-order chi connectivity index (χ1) is 14.4. The van der Waals surface area contributed by atoms with Crippen molar-refractivity contribution in [2.75, 3.05) is 22.1 Å². The molecule has 6 nitrogen and oxygen atoms in total. The number of amides is 3. The molecule has 3 amide bonds. The first kappa shape index (κ1) is 21.5. The summed E-state index contributed by atoms with van der Waals surface area (Å²) in [6.07, 6.45) is 3.30. The zero-order valence-electron chi connectivity index (χ0n) is 17.2. The molecule has 30 heavy (non-hydrogen) atoms. The Labute approximate surface area is 175 Å². The summed E-state index contributed by atoms with van der Waals surface area (Å²) >= 11 is 0. The molecule has 3 rings (SSSR count). The molecular formula is C23H26FN3O3. The number of hydrogen-bond acceptors (Lipinski definition) is 3. The van der Waals surface area contributed by atoms with Gasteiger partial charge in [-0.05, 0) is 48.7 Å². The highest BCUT2D eigenvalue weighted by Crippen LogP contribution is 2.27. The number of benzene rings is 2. The van der Waals surface area contributed by atoms with Crippen molar-refractivity contribution in [3.63, 3.8) is 0 Å². The number of halogens is 1. The Morgan fingerprint density at radius 1 is 1.13 bits per heavy atom. The van der Waals surface area contributed by atoms with E-state index in [1.165, 1.54) is 30.7 Å². The molecule has 7 heteroatoms. The molecule has 1 atom stereocenters. The minimum absolute atomic E-state index is 0.0302. The Morgan fingerprint density at radius 3 is 2.53 bits per heavy atom.